The summed E-state index contributed by atoms with van der Waals surface area (Å²) in [5.41, 5.74) is 0.564. The van der Waals surface area contributed by atoms with Gasteiger partial charge in [0.1, 0.15) is 22.8 Å². The number of rotatable bonds is 5. The van der Waals surface area contributed by atoms with E-state index in [-0.39, 0.29) is 11.3 Å². The third kappa shape index (κ3) is 3.52. The number of benzene rings is 2. The number of imide groups is 2. The third-order valence-electron chi connectivity index (χ3n) is 4.15. The van der Waals surface area contributed by atoms with Gasteiger partial charge in [0, 0.05) is 17.7 Å². The standard InChI is InChI=1S/C20H18N2O6/c1-26-14-6-4-5-13(10-14)22-19(24)16(18(23)21-20(22)25)9-12-7-8-15(27-2)11-17(12)28-3/h4-11H,1-3H3,(H,21,23,25)/b16-9-. The van der Waals surface area contributed by atoms with Crippen LogP contribution in [0.3, 0.4) is 0 Å². The maximum Gasteiger partial charge on any atom is 0.335 e. The van der Waals surface area contributed by atoms with Crippen molar-refractivity contribution in [2.75, 3.05) is 26.2 Å². The summed E-state index contributed by atoms with van der Waals surface area (Å²) >= 11 is 0. The highest BCUT2D eigenvalue weighted by atomic mass is 16.5. The average Bonchev–Trinajstić information content (AvgIpc) is 2.71. The molecular formula is C20H18N2O6. The van der Waals surface area contributed by atoms with Gasteiger partial charge in [0.05, 0.1) is 27.0 Å². The molecule has 1 saturated heterocycles. The molecule has 4 amide bonds. The number of hydrogen-bond donors (Lipinski definition) is 1. The average molecular weight is 382 g/mol. The summed E-state index contributed by atoms with van der Waals surface area (Å²) in [7, 11) is 4.45. The minimum absolute atomic E-state index is 0.203. The first-order valence-corrected chi connectivity index (χ1v) is 8.26. The Morgan fingerprint density at radius 3 is 2.29 bits per heavy atom. The molecular weight excluding hydrogens is 364 g/mol. The molecule has 0 radical (unpaired) electrons. The van der Waals surface area contributed by atoms with Crippen LogP contribution in [-0.4, -0.2) is 39.2 Å². The quantitative estimate of drug-likeness (QED) is 0.630. The Balaban J connectivity index is 2.04. The van der Waals surface area contributed by atoms with Crippen LogP contribution in [0.4, 0.5) is 10.5 Å². The number of carbonyl (C=O) groups is 3. The lowest BCUT2D eigenvalue weighted by atomic mass is 10.1. The number of anilines is 1. The zero-order valence-corrected chi connectivity index (χ0v) is 15.5. The molecule has 8 heteroatoms. The van der Waals surface area contributed by atoms with Gasteiger partial charge in [0.15, 0.2) is 0 Å². The van der Waals surface area contributed by atoms with Gasteiger partial charge in [0.2, 0.25) is 0 Å². The number of urea groups is 1. The van der Waals surface area contributed by atoms with E-state index in [0.29, 0.717) is 22.8 Å². The van der Waals surface area contributed by atoms with Crippen LogP contribution in [-0.2, 0) is 9.59 Å². The monoisotopic (exact) mass is 382 g/mol. The topological polar surface area (TPSA) is 94.2 Å². The molecule has 0 aliphatic carbocycles. The van der Waals surface area contributed by atoms with Crippen LogP contribution in [0.15, 0.2) is 48.0 Å². The van der Waals surface area contributed by atoms with Gasteiger partial charge in [-0.25, -0.2) is 9.69 Å². The van der Waals surface area contributed by atoms with Gasteiger partial charge in [-0.05, 0) is 30.3 Å². The molecule has 1 aliphatic rings. The molecule has 1 fully saturated rings. The fourth-order valence-corrected chi connectivity index (χ4v) is 2.73. The van der Waals surface area contributed by atoms with Crippen molar-refractivity contribution in [1.82, 2.24) is 5.32 Å². The molecule has 2 aromatic rings. The summed E-state index contributed by atoms with van der Waals surface area (Å²) in [6, 6.07) is 10.5. The van der Waals surface area contributed by atoms with Gasteiger partial charge in [-0.15, -0.1) is 0 Å². The number of nitrogens with zero attached hydrogens (tertiary/aromatic N) is 1. The maximum absolute atomic E-state index is 12.9. The molecule has 1 heterocycles. The number of nitrogens with one attached hydrogen (secondary N) is 1. The van der Waals surface area contributed by atoms with E-state index < -0.39 is 17.8 Å². The number of ether oxygens (including phenoxy) is 3. The lowest BCUT2D eigenvalue weighted by molar-refractivity contribution is -0.122. The molecule has 144 valence electrons. The van der Waals surface area contributed by atoms with Crippen molar-refractivity contribution >= 4 is 29.6 Å². The van der Waals surface area contributed by atoms with Crippen molar-refractivity contribution in [2.45, 2.75) is 0 Å². The van der Waals surface area contributed by atoms with E-state index in [9.17, 15) is 14.4 Å². The fourth-order valence-electron chi connectivity index (χ4n) is 2.73. The summed E-state index contributed by atoms with van der Waals surface area (Å²) in [4.78, 5) is 38.4. The van der Waals surface area contributed by atoms with E-state index in [0.717, 1.165) is 4.90 Å². The van der Waals surface area contributed by atoms with Crippen molar-refractivity contribution in [2.24, 2.45) is 0 Å². The molecule has 2 aromatic carbocycles. The third-order valence-corrected chi connectivity index (χ3v) is 4.15. The van der Waals surface area contributed by atoms with E-state index in [1.54, 1.807) is 36.4 Å². The molecule has 1 aliphatic heterocycles. The van der Waals surface area contributed by atoms with Crippen LogP contribution in [0, 0.1) is 0 Å². The Kier molecular flexibility index (Phi) is 5.30. The molecule has 1 N–H and O–H groups in total. The van der Waals surface area contributed by atoms with Gasteiger partial charge >= 0.3 is 6.03 Å². The number of methoxy groups -OCH3 is 3. The summed E-state index contributed by atoms with van der Waals surface area (Å²) in [5.74, 6) is -0.0897. The molecule has 28 heavy (non-hydrogen) atoms. The molecule has 0 bridgehead atoms. The number of carbonyl (C=O) groups excluding carboxylic acids is 3. The second-order valence-electron chi connectivity index (χ2n) is 5.77. The van der Waals surface area contributed by atoms with Gasteiger partial charge in [-0.3, -0.25) is 14.9 Å². The Hall–Kier alpha value is -3.81. The van der Waals surface area contributed by atoms with Crippen molar-refractivity contribution in [1.29, 1.82) is 0 Å². The molecule has 3 rings (SSSR count). The second kappa shape index (κ2) is 7.83. The van der Waals surface area contributed by atoms with E-state index >= 15 is 0 Å². The van der Waals surface area contributed by atoms with Crippen LogP contribution >= 0.6 is 0 Å². The zero-order chi connectivity index (χ0) is 20.3. The summed E-state index contributed by atoms with van der Waals surface area (Å²) in [6.45, 7) is 0. The van der Waals surface area contributed by atoms with Crippen LogP contribution in [0.1, 0.15) is 5.56 Å². The highest BCUT2D eigenvalue weighted by Gasteiger charge is 2.37. The van der Waals surface area contributed by atoms with Crippen LogP contribution < -0.4 is 24.4 Å². The van der Waals surface area contributed by atoms with E-state index in [2.05, 4.69) is 5.32 Å². The van der Waals surface area contributed by atoms with Crippen LogP contribution in [0.5, 0.6) is 17.2 Å². The Labute approximate surface area is 161 Å². The summed E-state index contributed by atoms with van der Waals surface area (Å²) in [5, 5.41) is 2.18. The summed E-state index contributed by atoms with van der Waals surface area (Å²) in [6.07, 6.45) is 1.37. The first kappa shape index (κ1) is 19.0. The molecule has 0 unspecified atom stereocenters. The second-order valence-corrected chi connectivity index (χ2v) is 5.77. The minimum atomic E-state index is -0.831. The van der Waals surface area contributed by atoms with Gasteiger partial charge in [-0.2, -0.15) is 0 Å². The number of barbiturate groups is 1. The van der Waals surface area contributed by atoms with Crippen molar-refractivity contribution in [3.05, 3.63) is 53.6 Å². The predicted molar refractivity (Wildman–Crippen MR) is 102 cm³/mol. The number of hydrogen-bond acceptors (Lipinski definition) is 6. The smallest absolute Gasteiger partial charge is 0.335 e. The van der Waals surface area contributed by atoms with Crippen LogP contribution in [0.25, 0.3) is 6.08 Å². The van der Waals surface area contributed by atoms with Gasteiger partial charge in [0.25, 0.3) is 11.8 Å². The van der Waals surface area contributed by atoms with Crippen molar-refractivity contribution in [3.63, 3.8) is 0 Å². The SMILES string of the molecule is COc1cccc(N2C(=O)NC(=O)/C(=C/c3ccc(OC)cc3OC)C2=O)c1. The van der Waals surface area contributed by atoms with Gasteiger partial charge in [-0.1, -0.05) is 6.07 Å². The summed E-state index contributed by atoms with van der Waals surface area (Å²) < 4.78 is 15.6. The Bertz CT molecular complexity index is 982. The predicted octanol–water partition coefficient (Wildman–Crippen LogP) is 2.38. The largest absolute Gasteiger partial charge is 0.497 e. The normalized spacial score (nSPS) is 15.5. The van der Waals surface area contributed by atoms with Gasteiger partial charge < -0.3 is 14.2 Å². The van der Waals surface area contributed by atoms with Crippen molar-refractivity contribution < 1.29 is 28.6 Å². The zero-order valence-electron chi connectivity index (χ0n) is 15.5. The van der Waals surface area contributed by atoms with E-state index in [4.69, 9.17) is 14.2 Å². The molecule has 0 saturated carbocycles. The maximum atomic E-state index is 12.9. The van der Waals surface area contributed by atoms with E-state index in [1.165, 1.54) is 33.5 Å². The molecule has 0 aromatic heterocycles. The van der Waals surface area contributed by atoms with E-state index in [1.807, 2.05) is 0 Å². The van der Waals surface area contributed by atoms with Crippen LogP contribution in [0.2, 0.25) is 0 Å². The molecule has 0 atom stereocenters. The molecule has 0 spiro atoms. The number of amides is 4. The first-order valence-electron chi connectivity index (χ1n) is 8.26. The molecule has 8 nitrogen and oxygen atoms in total. The lowest BCUT2D eigenvalue weighted by Crippen LogP contribution is -2.54. The Morgan fingerprint density at radius 1 is 0.893 bits per heavy atom. The highest BCUT2D eigenvalue weighted by Crippen LogP contribution is 2.29. The van der Waals surface area contributed by atoms with Crippen molar-refractivity contribution in [3.8, 4) is 17.2 Å². The lowest BCUT2D eigenvalue weighted by Gasteiger charge is -2.26. The Morgan fingerprint density at radius 2 is 1.61 bits per heavy atom. The minimum Gasteiger partial charge on any atom is -0.497 e. The highest BCUT2D eigenvalue weighted by molar-refractivity contribution is 6.39. The fraction of sp³-hybridized carbons (Fsp3) is 0.150. The first-order chi connectivity index (χ1) is 13.5.